The molecule has 0 spiro atoms. The van der Waals surface area contributed by atoms with Crippen molar-refractivity contribution >= 4 is 29.0 Å². The molecule has 112 valence electrons. The van der Waals surface area contributed by atoms with Gasteiger partial charge in [0.15, 0.2) is 17.3 Å². The van der Waals surface area contributed by atoms with Gasteiger partial charge >= 0.3 is 0 Å². The lowest BCUT2D eigenvalue weighted by molar-refractivity contribution is 0.101. The van der Waals surface area contributed by atoms with Gasteiger partial charge in [0.25, 0.3) is 0 Å². The van der Waals surface area contributed by atoms with Crippen LogP contribution in [-0.4, -0.2) is 31.5 Å². The molecule has 0 aliphatic carbocycles. The molecule has 6 heteroatoms. The number of ketones is 1. The van der Waals surface area contributed by atoms with Crippen LogP contribution in [0.3, 0.4) is 0 Å². The van der Waals surface area contributed by atoms with Gasteiger partial charge in [-0.25, -0.2) is 0 Å². The molecule has 0 fully saturated rings. The first-order valence-corrected chi connectivity index (χ1v) is 7.35. The predicted molar refractivity (Wildman–Crippen MR) is 80.0 cm³/mol. The lowest BCUT2D eigenvalue weighted by Gasteiger charge is -2.19. The Morgan fingerprint density at radius 2 is 1.50 bits per heavy atom. The summed E-state index contributed by atoms with van der Waals surface area (Å²) in [7, 11) is 0. The van der Waals surface area contributed by atoms with Gasteiger partial charge < -0.3 is 14.2 Å². The van der Waals surface area contributed by atoms with Crippen LogP contribution in [0.4, 0.5) is 0 Å². The molecule has 1 aromatic rings. The van der Waals surface area contributed by atoms with Gasteiger partial charge in [0.1, 0.15) is 0 Å². The van der Waals surface area contributed by atoms with Crippen LogP contribution in [0.15, 0.2) is 6.07 Å². The SMILES string of the molecule is CCOc1c(Cl)cc(C(=O)CCl)c(OCC)c1OCC. The first-order chi connectivity index (χ1) is 9.60. The lowest BCUT2D eigenvalue weighted by Crippen LogP contribution is -2.09. The van der Waals surface area contributed by atoms with E-state index in [4.69, 9.17) is 37.4 Å². The van der Waals surface area contributed by atoms with Crippen molar-refractivity contribution < 1.29 is 19.0 Å². The third-order valence-electron chi connectivity index (χ3n) is 2.43. The summed E-state index contributed by atoms with van der Waals surface area (Å²) in [5.41, 5.74) is 0.304. The first kappa shape index (κ1) is 16.9. The molecule has 0 saturated carbocycles. The van der Waals surface area contributed by atoms with Crippen molar-refractivity contribution in [2.24, 2.45) is 0 Å². The van der Waals surface area contributed by atoms with Crippen molar-refractivity contribution in [2.75, 3.05) is 25.7 Å². The molecule has 0 aromatic heterocycles. The Morgan fingerprint density at radius 3 is 2.00 bits per heavy atom. The molecular formula is C14H18Cl2O4. The molecule has 0 N–H and O–H groups in total. The average Bonchev–Trinajstić information content (AvgIpc) is 2.44. The van der Waals surface area contributed by atoms with E-state index < -0.39 is 0 Å². The smallest absolute Gasteiger partial charge is 0.205 e. The number of carbonyl (C=O) groups is 1. The molecule has 0 heterocycles. The van der Waals surface area contributed by atoms with Gasteiger partial charge in [-0.3, -0.25) is 4.79 Å². The van der Waals surface area contributed by atoms with E-state index in [1.807, 2.05) is 20.8 Å². The van der Waals surface area contributed by atoms with E-state index in [2.05, 4.69) is 0 Å². The zero-order valence-corrected chi connectivity index (χ0v) is 13.3. The second kappa shape index (κ2) is 8.22. The topological polar surface area (TPSA) is 44.8 Å². The Labute approximate surface area is 128 Å². The zero-order chi connectivity index (χ0) is 15.1. The fraction of sp³-hybridized carbons (Fsp3) is 0.500. The van der Waals surface area contributed by atoms with Crippen LogP contribution in [0.1, 0.15) is 31.1 Å². The predicted octanol–water partition coefficient (Wildman–Crippen LogP) is 3.96. The van der Waals surface area contributed by atoms with Crippen molar-refractivity contribution in [2.45, 2.75) is 20.8 Å². The molecule has 0 aliphatic heterocycles. The minimum absolute atomic E-state index is 0.157. The van der Waals surface area contributed by atoms with Crippen molar-refractivity contribution in [1.29, 1.82) is 0 Å². The summed E-state index contributed by atoms with van der Waals surface area (Å²) < 4.78 is 16.6. The summed E-state index contributed by atoms with van der Waals surface area (Å²) in [5.74, 6) is 0.618. The molecule has 0 amide bonds. The monoisotopic (exact) mass is 320 g/mol. The van der Waals surface area contributed by atoms with E-state index in [9.17, 15) is 4.79 Å². The second-order valence-electron chi connectivity index (χ2n) is 3.75. The van der Waals surface area contributed by atoms with Gasteiger partial charge in [-0.15, -0.1) is 11.6 Å². The van der Waals surface area contributed by atoms with Crippen LogP contribution in [0, 0.1) is 0 Å². The number of halogens is 2. The number of carbonyl (C=O) groups excluding carboxylic acids is 1. The van der Waals surface area contributed by atoms with Crippen molar-refractivity contribution in [3.63, 3.8) is 0 Å². The molecule has 0 bridgehead atoms. The second-order valence-corrected chi connectivity index (χ2v) is 4.42. The standard InChI is InChI=1S/C14H18Cl2O4/c1-4-18-12-9(11(17)8-15)7-10(16)13(19-5-2)14(12)20-6-3/h7H,4-6,8H2,1-3H3. The highest BCUT2D eigenvalue weighted by Gasteiger charge is 2.24. The fourth-order valence-electron chi connectivity index (χ4n) is 1.71. The molecule has 4 nitrogen and oxygen atoms in total. The number of Topliss-reactive ketones (excluding diaryl/α,β-unsaturated/α-hetero) is 1. The Bertz CT molecular complexity index is 475. The number of ether oxygens (including phenoxy) is 3. The van der Waals surface area contributed by atoms with Gasteiger partial charge in [0.05, 0.1) is 36.3 Å². The Kier molecular flexibility index (Phi) is 6.96. The van der Waals surface area contributed by atoms with Crippen LogP contribution in [0.5, 0.6) is 17.2 Å². The van der Waals surface area contributed by atoms with Crippen LogP contribution in [-0.2, 0) is 0 Å². The molecule has 0 saturated heterocycles. The summed E-state index contributed by atoms with van der Waals surface area (Å²) in [6.45, 7) is 6.69. The van der Waals surface area contributed by atoms with E-state index in [1.54, 1.807) is 0 Å². The van der Waals surface area contributed by atoms with E-state index in [0.717, 1.165) is 0 Å². The summed E-state index contributed by atoms with van der Waals surface area (Å²) in [5, 5.41) is 0.298. The molecule has 20 heavy (non-hydrogen) atoms. The number of rotatable bonds is 8. The summed E-state index contributed by atoms with van der Waals surface area (Å²) in [6.07, 6.45) is 0. The van der Waals surface area contributed by atoms with E-state index in [0.29, 0.717) is 47.7 Å². The van der Waals surface area contributed by atoms with Crippen molar-refractivity contribution in [3.8, 4) is 17.2 Å². The van der Waals surface area contributed by atoms with Crippen LogP contribution in [0.2, 0.25) is 5.02 Å². The maximum Gasteiger partial charge on any atom is 0.205 e. The van der Waals surface area contributed by atoms with Crippen LogP contribution < -0.4 is 14.2 Å². The Balaban J connectivity index is 3.50. The highest BCUT2D eigenvalue weighted by Crippen LogP contribution is 2.45. The number of benzene rings is 1. The average molecular weight is 321 g/mol. The number of hydrogen-bond donors (Lipinski definition) is 0. The normalized spacial score (nSPS) is 10.2. The third kappa shape index (κ3) is 3.70. The number of alkyl halides is 1. The molecular weight excluding hydrogens is 303 g/mol. The molecule has 0 aliphatic rings. The third-order valence-corrected chi connectivity index (χ3v) is 2.96. The lowest BCUT2D eigenvalue weighted by atomic mass is 10.1. The van der Waals surface area contributed by atoms with Crippen LogP contribution in [0.25, 0.3) is 0 Å². The molecule has 0 atom stereocenters. The number of hydrogen-bond acceptors (Lipinski definition) is 4. The van der Waals surface area contributed by atoms with Gasteiger partial charge in [0.2, 0.25) is 5.75 Å². The van der Waals surface area contributed by atoms with E-state index >= 15 is 0 Å². The van der Waals surface area contributed by atoms with Crippen LogP contribution >= 0.6 is 23.2 Å². The quantitative estimate of drug-likeness (QED) is 0.537. The van der Waals surface area contributed by atoms with E-state index in [1.165, 1.54) is 6.07 Å². The van der Waals surface area contributed by atoms with E-state index in [-0.39, 0.29) is 11.7 Å². The minimum Gasteiger partial charge on any atom is -0.489 e. The molecule has 0 radical (unpaired) electrons. The molecule has 1 rings (SSSR count). The maximum atomic E-state index is 11.9. The van der Waals surface area contributed by atoms with Gasteiger partial charge in [-0.1, -0.05) is 11.6 Å². The summed E-state index contributed by atoms with van der Waals surface area (Å²) >= 11 is 11.8. The minimum atomic E-state index is -0.277. The summed E-state index contributed by atoms with van der Waals surface area (Å²) in [4.78, 5) is 11.9. The zero-order valence-electron chi connectivity index (χ0n) is 11.8. The summed E-state index contributed by atoms with van der Waals surface area (Å²) in [6, 6.07) is 1.50. The van der Waals surface area contributed by atoms with Gasteiger partial charge in [-0.2, -0.15) is 0 Å². The highest BCUT2D eigenvalue weighted by atomic mass is 35.5. The largest absolute Gasteiger partial charge is 0.489 e. The molecule has 1 aromatic carbocycles. The highest BCUT2D eigenvalue weighted by molar-refractivity contribution is 6.34. The Hall–Kier alpha value is -1.13. The van der Waals surface area contributed by atoms with Crippen molar-refractivity contribution in [1.82, 2.24) is 0 Å². The maximum absolute atomic E-state index is 11.9. The van der Waals surface area contributed by atoms with Crippen molar-refractivity contribution in [3.05, 3.63) is 16.7 Å². The van der Waals surface area contributed by atoms with Gasteiger partial charge in [0, 0.05) is 0 Å². The Morgan fingerprint density at radius 1 is 1.00 bits per heavy atom. The molecule has 0 unspecified atom stereocenters. The van der Waals surface area contributed by atoms with Gasteiger partial charge in [-0.05, 0) is 26.8 Å². The fourth-order valence-corrected chi connectivity index (χ4v) is 2.11. The first-order valence-electron chi connectivity index (χ1n) is 6.44.